The maximum atomic E-state index is 11.8. The van der Waals surface area contributed by atoms with E-state index >= 15 is 0 Å². The first-order chi connectivity index (χ1) is 11.8. The molecule has 0 aliphatic rings. The number of hydrogen-bond donors (Lipinski definition) is 2. The van der Waals surface area contributed by atoms with Crippen molar-refractivity contribution in [1.82, 2.24) is 5.32 Å². The van der Waals surface area contributed by atoms with E-state index in [0.717, 1.165) is 12.8 Å². The molecular weight excluding hydrogens is 316 g/mol. The first-order valence-corrected chi connectivity index (χ1v) is 10.1. The average molecular weight is 358 g/mol. The van der Waals surface area contributed by atoms with Crippen LogP contribution in [0.15, 0.2) is 0 Å². The van der Waals surface area contributed by atoms with Crippen molar-refractivity contribution >= 4 is 11.9 Å². The number of carboxylic acid groups (broad SMARTS) is 1. The molecule has 0 radical (unpaired) electrons. The molecule has 0 aromatic carbocycles. The zero-order valence-corrected chi connectivity index (χ0v) is 17.0. The quantitative estimate of drug-likeness (QED) is 0.324. The van der Waals surface area contributed by atoms with E-state index in [1.165, 1.54) is 44.9 Å². The highest BCUT2D eigenvalue weighted by Crippen LogP contribution is 2.11. The fraction of sp³-hybridized carbons (Fsp3) is 0.900. The van der Waals surface area contributed by atoms with Crippen LogP contribution >= 0.6 is 0 Å². The molecule has 25 heavy (non-hydrogen) atoms. The number of carbonyl (C=O) groups excluding carboxylic acids is 1. The number of nitrogens with zero attached hydrogens (tertiary/aromatic N) is 1. The summed E-state index contributed by atoms with van der Waals surface area (Å²) >= 11 is 0. The van der Waals surface area contributed by atoms with E-state index in [1.54, 1.807) is 0 Å². The Kier molecular flexibility index (Phi) is 13.5. The molecule has 0 aliphatic heterocycles. The third kappa shape index (κ3) is 13.8. The zero-order valence-electron chi connectivity index (χ0n) is 17.0. The Bertz CT molecular complexity index is 364. The van der Waals surface area contributed by atoms with Gasteiger partial charge >= 0.3 is 5.97 Å². The molecule has 2 N–H and O–H groups in total. The summed E-state index contributed by atoms with van der Waals surface area (Å²) in [5, 5.41) is 12.2. The van der Waals surface area contributed by atoms with Gasteiger partial charge < -0.3 is 14.9 Å². The molecule has 1 amide bonds. The first kappa shape index (κ1) is 23.9. The summed E-state index contributed by atoms with van der Waals surface area (Å²) in [7, 11) is 5.67. The summed E-state index contributed by atoms with van der Waals surface area (Å²) in [5.74, 6) is -0.673. The molecule has 1 atom stereocenters. The van der Waals surface area contributed by atoms with E-state index in [4.69, 9.17) is 0 Å². The Morgan fingerprint density at radius 1 is 0.880 bits per heavy atom. The second-order valence-electron chi connectivity index (χ2n) is 8.04. The Morgan fingerprint density at radius 2 is 1.40 bits per heavy atom. The van der Waals surface area contributed by atoms with Crippen molar-refractivity contribution in [3.8, 4) is 0 Å². The highest BCUT2D eigenvalue weighted by atomic mass is 16.4. The van der Waals surface area contributed by atoms with Crippen LogP contribution in [0.4, 0.5) is 0 Å². The van der Waals surface area contributed by atoms with E-state index in [0.29, 0.717) is 30.3 Å². The molecule has 0 fully saturated rings. The monoisotopic (exact) mass is 357 g/mol. The molecule has 5 nitrogen and oxygen atoms in total. The van der Waals surface area contributed by atoms with Crippen molar-refractivity contribution in [2.75, 3.05) is 27.7 Å². The molecule has 0 aliphatic carbocycles. The minimum atomic E-state index is -0.770. The third-order valence-electron chi connectivity index (χ3n) is 4.70. The topological polar surface area (TPSA) is 66.4 Å². The number of carboxylic acids is 1. The number of unbranched alkanes of at least 4 members (excludes halogenated alkanes) is 8. The van der Waals surface area contributed by atoms with Gasteiger partial charge in [-0.15, -0.1) is 0 Å². The van der Waals surface area contributed by atoms with Crippen LogP contribution in [-0.4, -0.2) is 55.2 Å². The van der Waals surface area contributed by atoms with E-state index in [1.807, 2.05) is 21.1 Å². The molecule has 5 heteroatoms. The predicted molar refractivity (Wildman–Crippen MR) is 104 cm³/mol. The van der Waals surface area contributed by atoms with Gasteiger partial charge in [0.25, 0.3) is 0 Å². The fourth-order valence-electron chi connectivity index (χ4n) is 3.05. The van der Waals surface area contributed by atoms with Crippen LogP contribution in [0, 0.1) is 0 Å². The maximum Gasteiger partial charge on any atom is 0.362 e. The van der Waals surface area contributed by atoms with Crippen LogP contribution in [-0.2, 0) is 9.59 Å². The minimum absolute atomic E-state index is 0.0973. The predicted octanol–water partition coefficient (Wildman–Crippen LogP) is 3.96. The SMILES string of the molecule is CCCCCCCCCCCC(=O)NCCCC(C(=O)O)[N+](C)(C)C. The molecular formula is C20H41N2O3+. The van der Waals surface area contributed by atoms with Crippen LogP contribution < -0.4 is 5.32 Å². The van der Waals surface area contributed by atoms with E-state index in [9.17, 15) is 14.7 Å². The highest BCUT2D eigenvalue weighted by Gasteiger charge is 2.30. The molecule has 0 saturated heterocycles. The molecule has 0 rings (SSSR count). The minimum Gasteiger partial charge on any atom is -0.477 e. The lowest BCUT2D eigenvalue weighted by Crippen LogP contribution is -2.50. The number of quaternary nitrogens is 1. The Balaban J connectivity index is 3.57. The van der Waals surface area contributed by atoms with Crippen molar-refractivity contribution in [2.24, 2.45) is 0 Å². The largest absolute Gasteiger partial charge is 0.477 e. The van der Waals surface area contributed by atoms with Crippen molar-refractivity contribution in [3.05, 3.63) is 0 Å². The maximum absolute atomic E-state index is 11.8. The van der Waals surface area contributed by atoms with Gasteiger partial charge in [-0.1, -0.05) is 58.3 Å². The van der Waals surface area contributed by atoms with E-state index in [-0.39, 0.29) is 5.91 Å². The lowest BCUT2D eigenvalue weighted by molar-refractivity contribution is -0.887. The summed E-state index contributed by atoms with van der Waals surface area (Å²) in [6.45, 7) is 2.80. The number of rotatable bonds is 16. The van der Waals surface area contributed by atoms with Crippen LogP contribution in [0.1, 0.15) is 84.0 Å². The highest BCUT2D eigenvalue weighted by molar-refractivity contribution is 5.75. The van der Waals surface area contributed by atoms with E-state index in [2.05, 4.69) is 12.2 Å². The summed E-state index contributed by atoms with van der Waals surface area (Å²) in [5.41, 5.74) is 0. The average Bonchev–Trinajstić information content (AvgIpc) is 2.51. The summed E-state index contributed by atoms with van der Waals surface area (Å²) < 4.78 is 0.404. The molecule has 0 bridgehead atoms. The third-order valence-corrected chi connectivity index (χ3v) is 4.70. The van der Waals surface area contributed by atoms with Crippen LogP contribution in [0.25, 0.3) is 0 Å². The molecule has 0 spiro atoms. The molecule has 0 aromatic rings. The van der Waals surface area contributed by atoms with Gasteiger partial charge in [0.15, 0.2) is 6.04 Å². The van der Waals surface area contributed by atoms with Gasteiger partial charge in [-0.05, 0) is 12.8 Å². The number of nitrogens with one attached hydrogen (secondary N) is 1. The second kappa shape index (κ2) is 14.1. The second-order valence-corrected chi connectivity index (χ2v) is 8.04. The van der Waals surface area contributed by atoms with Gasteiger partial charge in [0.05, 0.1) is 21.1 Å². The van der Waals surface area contributed by atoms with Gasteiger partial charge in [-0.3, -0.25) is 4.79 Å². The Hall–Kier alpha value is -1.10. The van der Waals surface area contributed by atoms with Crippen molar-refractivity contribution in [3.63, 3.8) is 0 Å². The lowest BCUT2D eigenvalue weighted by Gasteiger charge is -2.31. The normalized spacial score (nSPS) is 12.8. The smallest absolute Gasteiger partial charge is 0.362 e. The standard InChI is InChI=1S/C20H40N2O3/c1-5-6-7-8-9-10-11-12-13-16-19(23)21-17-14-15-18(20(24)25)22(2,3)4/h18H,5-17H2,1-4H3,(H-,21,23,24,25)/p+1. The number of likely N-dealkylation sites (N-methyl/N-ethyl adjacent to an activating group) is 1. The first-order valence-electron chi connectivity index (χ1n) is 10.1. The number of hydrogen-bond acceptors (Lipinski definition) is 2. The van der Waals surface area contributed by atoms with Gasteiger partial charge in [-0.2, -0.15) is 0 Å². The molecule has 148 valence electrons. The summed E-state index contributed by atoms with van der Waals surface area (Å²) in [6.07, 6.45) is 13.1. The summed E-state index contributed by atoms with van der Waals surface area (Å²) in [6, 6.07) is -0.422. The summed E-state index contributed by atoms with van der Waals surface area (Å²) in [4.78, 5) is 23.1. The molecule has 0 aromatic heterocycles. The van der Waals surface area contributed by atoms with Gasteiger partial charge in [0.1, 0.15) is 0 Å². The molecule has 0 saturated carbocycles. The van der Waals surface area contributed by atoms with Crippen molar-refractivity contribution in [1.29, 1.82) is 0 Å². The zero-order chi connectivity index (χ0) is 19.1. The Labute approximate surface area is 154 Å². The van der Waals surface area contributed by atoms with Gasteiger partial charge in [0, 0.05) is 19.4 Å². The van der Waals surface area contributed by atoms with Crippen LogP contribution in [0.2, 0.25) is 0 Å². The molecule has 1 unspecified atom stereocenters. The van der Waals surface area contributed by atoms with Crippen LogP contribution in [0.3, 0.4) is 0 Å². The fourth-order valence-corrected chi connectivity index (χ4v) is 3.05. The van der Waals surface area contributed by atoms with Gasteiger partial charge in [0.2, 0.25) is 5.91 Å². The molecule has 0 heterocycles. The lowest BCUT2D eigenvalue weighted by atomic mass is 10.1. The van der Waals surface area contributed by atoms with Gasteiger partial charge in [-0.25, -0.2) is 4.79 Å². The number of aliphatic carboxylic acids is 1. The Morgan fingerprint density at radius 3 is 1.88 bits per heavy atom. The van der Waals surface area contributed by atoms with Crippen molar-refractivity contribution < 1.29 is 19.2 Å². The number of amides is 1. The number of carbonyl (C=O) groups is 2. The van der Waals surface area contributed by atoms with Crippen LogP contribution in [0.5, 0.6) is 0 Å². The van der Waals surface area contributed by atoms with Crippen molar-refractivity contribution in [2.45, 2.75) is 90.0 Å². The van der Waals surface area contributed by atoms with E-state index < -0.39 is 12.0 Å².